The average molecular weight is 270 g/mol. The van der Waals surface area contributed by atoms with E-state index in [2.05, 4.69) is 0 Å². The zero-order valence-electron chi connectivity index (χ0n) is 11.7. The van der Waals surface area contributed by atoms with Crippen molar-refractivity contribution in [3.63, 3.8) is 0 Å². The second kappa shape index (κ2) is 6.10. The van der Waals surface area contributed by atoms with Crippen molar-refractivity contribution in [2.75, 3.05) is 24.3 Å². The van der Waals surface area contributed by atoms with E-state index in [-0.39, 0.29) is 5.97 Å². The lowest BCUT2D eigenvalue weighted by Crippen LogP contribution is -2.21. The Morgan fingerprint density at radius 2 is 1.85 bits per heavy atom. The monoisotopic (exact) mass is 270 g/mol. The van der Waals surface area contributed by atoms with Crippen LogP contribution in [0.3, 0.4) is 0 Å². The van der Waals surface area contributed by atoms with Crippen LogP contribution in [-0.2, 0) is 4.74 Å². The largest absolute Gasteiger partial charge is 0.465 e. The number of hydrogen-bond donors (Lipinski definition) is 1. The lowest BCUT2D eigenvalue weighted by molar-refractivity contribution is 0.0601. The normalized spacial score (nSPS) is 10.1. The number of hydrogen-bond acceptors (Lipinski definition) is 4. The van der Waals surface area contributed by atoms with Crippen molar-refractivity contribution in [2.45, 2.75) is 6.92 Å². The van der Waals surface area contributed by atoms with Crippen LogP contribution < -0.4 is 10.6 Å². The van der Waals surface area contributed by atoms with Crippen LogP contribution in [0.2, 0.25) is 0 Å². The standard InChI is InChI=1S/C16H18N2O2/c1-3-18(12-8-5-4-6-9-12)15-13(16(19)20-2)10-7-11-14(15)17/h4-11H,3,17H2,1-2H3. The lowest BCUT2D eigenvalue weighted by Gasteiger charge is -2.26. The van der Waals surface area contributed by atoms with Gasteiger partial charge in [-0.15, -0.1) is 0 Å². The molecule has 0 aliphatic rings. The molecule has 0 aromatic heterocycles. The van der Waals surface area contributed by atoms with Crippen molar-refractivity contribution in [1.82, 2.24) is 0 Å². The molecule has 0 saturated carbocycles. The molecule has 0 saturated heterocycles. The Kier molecular flexibility index (Phi) is 4.25. The van der Waals surface area contributed by atoms with Gasteiger partial charge in [-0.3, -0.25) is 0 Å². The third kappa shape index (κ3) is 2.59. The number of carbonyl (C=O) groups excluding carboxylic acids is 1. The topological polar surface area (TPSA) is 55.6 Å². The first-order valence-electron chi connectivity index (χ1n) is 6.48. The zero-order valence-corrected chi connectivity index (χ0v) is 11.7. The number of carbonyl (C=O) groups is 1. The van der Waals surface area contributed by atoms with E-state index >= 15 is 0 Å². The van der Waals surface area contributed by atoms with Gasteiger partial charge in [-0.1, -0.05) is 24.3 Å². The predicted octanol–water partition coefficient (Wildman–Crippen LogP) is 3.21. The summed E-state index contributed by atoms with van der Waals surface area (Å²) >= 11 is 0. The summed E-state index contributed by atoms with van der Waals surface area (Å²) in [6, 6.07) is 15.1. The number of nitrogens with zero attached hydrogens (tertiary/aromatic N) is 1. The van der Waals surface area contributed by atoms with E-state index in [1.54, 1.807) is 18.2 Å². The molecule has 0 fully saturated rings. The fourth-order valence-electron chi connectivity index (χ4n) is 2.22. The number of anilines is 3. The smallest absolute Gasteiger partial charge is 0.340 e. The van der Waals surface area contributed by atoms with Gasteiger partial charge in [-0.05, 0) is 31.2 Å². The summed E-state index contributed by atoms with van der Waals surface area (Å²) < 4.78 is 4.84. The molecule has 0 heterocycles. The molecule has 20 heavy (non-hydrogen) atoms. The summed E-state index contributed by atoms with van der Waals surface area (Å²) in [6.45, 7) is 2.71. The first-order chi connectivity index (χ1) is 9.69. The second-order valence-electron chi connectivity index (χ2n) is 4.31. The predicted molar refractivity (Wildman–Crippen MR) is 81.3 cm³/mol. The van der Waals surface area contributed by atoms with Gasteiger partial charge in [0.25, 0.3) is 0 Å². The first kappa shape index (κ1) is 13.9. The minimum Gasteiger partial charge on any atom is -0.465 e. The number of methoxy groups -OCH3 is 1. The Morgan fingerprint density at radius 3 is 2.45 bits per heavy atom. The molecule has 104 valence electrons. The van der Waals surface area contributed by atoms with Gasteiger partial charge in [-0.25, -0.2) is 4.79 Å². The van der Waals surface area contributed by atoms with Gasteiger partial charge in [0.15, 0.2) is 0 Å². The molecule has 0 aliphatic carbocycles. The van der Waals surface area contributed by atoms with Crippen molar-refractivity contribution in [2.24, 2.45) is 0 Å². The maximum atomic E-state index is 11.9. The summed E-state index contributed by atoms with van der Waals surface area (Å²) in [5.41, 5.74) is 8.78. The molecule has 0 amide bonds. The Hall–Kier alpha value is -2.49. The Labute approximate surface area is 118 Å². The van der Waals surface area contributed by atoms with Gasteiger partial charge in [-0.2, -0.15) is 0 Å². The molecular weight excluding hydrogens is 252 g/mol. The Balaban J connectivity index is 2.57. The van der Waals surface area contributed by atoms with Gasteiger partial charge in [0, 0.05) is 12.2 Å². The highest BCUT2D eigenvalue weighted by molar-refractivity contribution is 6.00. The summed E-state index contributed by atoms with van der Waals surface area (Å²) in [7, 11) is 1.37. The minimum atomic E-state index is -0.387. The number of nitrogen functional groups attached to an aromatic ring is 1. The van der Waals surface area contributed by atoms with Gasteiger partial charge in [0.2, 0.25) is 0 Å². The van der Waals surface area contributed by atoms with Crippen molar-refractivity contribution in [3.8, 4) is 0 Å². The van der Waals surface area contributed by atoms with Gasteiger partial charge in [0.05, 0.1) is 24.0 Å². The third-order valence-electron chi connectivity index (χ3n) is 3.13. The lowest BCUT2D eigenvalue weighted by atomic mass is 10.1. The minimum absolute atomic E-state index is 0.387. The van der Waals surface area contributed by atoms with Gasteiger partial charge >= 0.3 is 5.97 Å². The highest BCUT2D eigenvalue weighted by Gasteiger charge is 2.19. The SMILES string of the molecule is CCN(c1ccccc1)c1c(N)cccc1C(=O)OC. The van der Waals surface area contributed by atoms with E-state index in [1.165, 1.54) is 7.11 Å². The number of ether oxygens (including phenoxy) is 1. The van der Waals surface area contributed by atoms with E-state index in [1.807, 2.05) is 42.2 Å². The van der Waals surface area contributed by atoms with Crippen molar-refractivity contribution in [1.29, 1.82) is 0 Å². The second-order valence-corrected chi connectivity index (χ2v) is 4.31. The third-order valence-corrected chi connectivity index (χ3v) is 3.13. The highest BCUT2D eigenvalue weighted by atomic mass is 16.5. The van der Waals surface area contributed by atoms with Crippen molar-refractivity contribution in [3.05, 3.63) is 54.1 Å². The molecule has 2 aromatic rings. The Morgan fingerprint density at radius 1 is 1.15 bits per heavy atom. The molecule has 0 aliphatic heterocycles. The molecule has 0 bridgehead atoms. The van der Waals surface area contributed by atoms with Crippen LogP contribution in [0.1, 0.15) is 17.3 Å². The maximum absolute atomic E-state index is 11.9. The summed E-state index contributed by atoms with van der Waals surface area (Å²) in [6.07, 6.45) is 0. The summed E-state index contributed by atoms with van der Waals surface area (Å²) in [5, 5.41) is 0. The number of rotatable bonds is 4. The quantitative estimate of drug-likeness (QED) is 0.684. The molecule has 0 radical (unpaired) electrons. The molecule has 2 rings (SSSR count). The molecule has 0 atom stereocenters. The molecule has 2 N–H and O–H groups in total. The van der Waals surface area contributed by atoms with E-state index < -0.39 is 0 Å². The number of para-hydroxylation sites is 2. The average Bonchev–Trinajstić information content (AvgIpc) is 2.50. The molecule has 0 spiro atoms. The first-order valence-corrected chi connectivity index (χ1v) is 6.48. The van der Waals surface area contributed by atoms with E-state index in [9.17, 15) is 4.79 Å². The number of esters is 1. The molecular formula is C16H18N2O2. The summed E-state index contributed by atoms with van der Waals surface area (Å²) in [5.74, 6) is -0.387. The highest BCUT2D eigenvalue weighted by Crippen LogP contribution is 2.33. The number of nitrogens with two attached hydrogens (primary N) is 1. The maximum Gasteiger partial charge on any atom is 0.340 e. The van der Waals surface area contributed by atoms with E-state index in [0.717, 1.165) is 5.69 Å². The fourth-order valence-corrected chi connectivity index (χ4v) is 2.22. The van der Waals surface area contributed by atoms with Crippen LogP contribution in [0, 0.1) is 0 Å². The molecule has 2 aromatic carbocycles. The van der Waals surface area contributed by atoms with E-state index in [4.69, 9.17) is 10.5 Å². The van der Waals surface area contributed by atoms with Crippen LogP contribution in [-0.4, -0.2) is 19.6 Å². The van der Waals surface area contributed by atoms with Crippen molar-refractivity contribution < 1.29 is 9.53 Å². The number of benzene rings is 2. The fraction of sp³-hybridized carbons (Fsp3) is 0.188. The van der Waals surface area contributed by atoms with Crippen LogP contribution in [0.5, 0.6) is 0 Å². The Bertz CT molecular complexity index is 597. The van der Waals surface area contributed by atoms with E-state index in [0.29, 0.717) is 23.5 Å². The molecule has 4 nitrogen and oxygen atoms in total. The van der Waals surface area contributed by atoms with Crippen molar-refractivity contribution >= 4 is 23.0 Å². The molecule has 0 unspecified atom stereocenters. The van der Waals surface area contributed by atoms with Crippen LogP contribution in [0.4, 0.5) is 17.1 Å². The van der Waals surface area contributed by atoms with Crippen LogP contribution in [0.15, 0.2) is 48.5 Å². The molecule has 4 heteroatoms. The van der Waals surface area contributed by atoms with Crippen LogP contribution in [0.25, 0.3) is 0 Å². The zero-order chi connectivity index (χ0) is 14.5. The summed E-state index contributed by atoms with van der Waals surface area (Å²) in [4.78, 5) is 13.9. The van der Waals surface area contributed by atoms with Crippen LogP contribution >= 0.6 is 0 Å². The van der Waals surface area contributed by atoms with Gasteiger partial charge < -0.3 is 15.4 Å². The van der Waals surface area contributed by atoms with Gasteiger partial charge in [0.1, 0.15) is 0 Å².